The summed E-state index contributed by atoms with van der Waals surface area (Å²) in [6, 6.07) is 12.7. The van der Waals surface area contributed by atoms with Crippen molar-refractivity contribution in [3.63, 3.8) is 0 Å². The Balaban J connectivity index is 1.79. The van der Waals surface area contributed by atoms with E-state index in [9.17, 15) is 14.0 Å². The predicted octanol–water partition coefficient (Wildman–Crippen LogP) is 3.01. The number of nitrogens with zero attached hydrogens (tertiary/aromatic N) is 2. The van der Waals surface area contributed by atoms with E-state index >= 15 is 0 Å². The van der Waals surface area contributed by atoms with Crippen LogP contribution in [0.4, 0.5) is 10.1 Å². The minimum absolute atomic E-state index is 0.158. The fourth-order valence-corrected chi connectivity index (χ4v) is 2.91. The quantitative estimate of drug-likeness (QED) is 0.851. The zero-order valence-electron chi connectivity index (χ0n) is 13.7. The molecule has 2 amide bonds. The fraction of sp³-hybridized carbons (Fsp3) is 0.263. The van der Waals surface area contributed by atoms with Gasteiger partial charge in [-0.25, -0.2) is 4.39 Å². The molecule has 1 unspecified atom stereocenters. The summed E-state index contributed by atoms with van der Waals surface area (Å²) in [7, 11) is 0. The van der Waals surface area contributed by atoms with Gasteiger partial charge in [-0.2, -0.15) is 0 Å². The van der Waals surface area contributed by atoms with Crippen LogP contribution in [0.1, 0.15) is 22.8 Å². The molecule has 0 bridgehead atoms. The van der Waals surface area contributed by atoms with Crippen molar-refractivity contribution in [3.8, 4) is 0 Å². The van der Waals surface area contributed by atoms with E-state index in [1.165, 1.54) is 17.0 Å². The number of hydrogen-bond donors (Lipinski definition) is 0. The lowest BCUT2D eigenvalue weighted by molar-refractivity contribution is -0.124. The minimum atomic E-state index is -0.587. The number of halogens is 1. The van der Waals surface area contributed by atoms with Crippen molar-refractivity contribution in [2.75, 3.05) is 18.0 Å². The van der Waals surface area contributed by atoms with Gasteiger partial charge in [-0.1, -0.05) is 23.8 Å². The zero-order valence-corrected chi connectivity index (χ0v) is 13.7. The molecule has 1 heterocycles. The largest absolute Gasteiger partial charge is 0.325 e. The lowest BCUT2D eigenvalue weighted by Crippen LogP contribution is -2.57. The first kappa shape index (κ1) is 16.2. The van der Waals surface area contributed by atoms with E-state index in [0.29, 0.717) is 24.3 Å². The highest BCUT2D eigenvalue weighted by atomic mass is 19.1. The molecular weight excluding hydrogens is 307 g/mol. The van der Waals surface area contributed by atoms with Gasteiger partial charge in [0.05, 0.1) is 0 Å². The Kier molecular flexibility index (Phi) is 4.34. The number of piperazine rings is 1. The van der Waals surface area contributed by atoms with Crippen LogP contribution < -0.4 is 4.90 Å². The van der Waals surface area contributed by atoms with E-state index in [-0.39, 0.29) is 17.6 Å². The van der Waals surface area contributed by atoms with E-state index in [4.69, 9.17) is 0 Å². The van der Waals surface area contributed by atoms with Crippen LogP contribution in [0.5, 0.6) is 0 Å². The standard InChI is InChI=1S/C19H19FN2O2/c1-13-6-8-15(9-7-13)19(24)21-10-11-22(18(23)14(21)2)17-5-3-4-16(20)12-17/h3-9,12,14H,10-11H2,1-2H3. The highest BCUT2D eigenvalue weighted by molar-refractivity contribution is 6.03. The molecule has 0 N–H and O–H groups in total. The first-order valence-electron chi connectivity index (χ1n) is 7.92. The molecule has 0 radical (unpaired) electrons. The van der Waals surface area contributed by atoms with Crippen LogP contribution in [0, 0.1) is 12.7 Å². The Morgan fingerprint density at radius 1 is 1.12 bits per heavy atom. The van der Waals surface area contributed by atoms with Crippen molar-refractivity contribution in [1.82, 2.24) is 4.90 Å². The number of benzene rings is 2. The molecule has 0 saturated carbocycles. The number of amides is 2. The summed E-state index contributed by atoms with van der Waals surface area (Å²) in [6.07, 6.45) is 0. The van der Waals surface area contributed by atoms with Crippen molar-refractivity contribution in [3.05, 3.63) is 65.5 Å². The molecule has 0 spiro atoms. The van der Waals surface area contributed by atoms with Crippen molar-refractivity contribution in [2.45, 2.75) is 19.9 Å². The first-order chi connectivity index (χ1) is 11.5. The summed E-state index contributed by atoms with van der Waals surface area (Å²) in [5.41, 5.74) is 2.17. The van der Waals surface area contributed by atoms with Crippen molar-refractivity contribution >= 4 is 17.5 Å². The number of hydrogen-bond acceptors (Lipinski definition) is 2. The van der Waals surface area contributed by atoms with Crippen LogP contribution in [-0.2, 0) is 4.79 Å². The maximum absolute atomic E-state index is 13.4. The summed E-state index contributed by atoms with van der Waals surface area (Å²) in [6.45, 7) is 4.43. The molecule has 0 aliphatic carbocycles. The molecule has 2 aromatic carbocycles. The smallest absolute Gasteiger partial charge is 0.254 e. The topological polar surface area (TPSA) is 40.6 Å². The SMILES string of the molecule is Cc1ccc(C(=O)N2CCN(c3cccc(F)c3)C(=O)C2C)cc1. The molecule has 2 aromatic rings. The van der Waals surface area contributed by atoms with Crippen molar-refractivity contribution in [1.29, 1.82) is 0 Å². The van der Waals surface area contributed by atoms with Crippen molar-refractivity contribution in [2.24, 2.45) is 0 Å². The van der Waals surface area contributed by atoms with Gasteiger partial charge < -0.3 is 9.80 Å². The summed E-state index contributed by atoms with van der Waals surface area (Å²) in [5, 5.41) is 0. The second kappa shape index (κ2) is 6.43. The maximum Gasteiger partial charge on any atom is 0.254 e. The Morgan fingerprint density at radius 2 is 1.83 bits per heavy atom. The summed E-state index contributed by atoms with van der Waals surface area (Å²) in [5.74, 6) is -0.742. The van der Waals surface area contributed by atoms with Crippen LogP contribution in [0.3, 0.4) is 0 Å². The van der Waals surface area contributed by atoms with Gasteiger partial charge in [0.25, 0.3) is 5.91 Å². The Morgan fingerprint density at radius 3 is 2.50 bits per heavy atom. The summed E-state index contributed by atoms with van der Waals surface area (Å²) in [4.78, 5) is 28.4. The van der Waals surface area contributed by atoms with Gasteiger partial charge in [0.2, 0.25) is 5.91 Å². The molecule has 1 aliphatic heterocycles. The normalized spacial score (nSPS) is 18.0. The summed E-state index contributed by atoms with van der Waals surface area (Å²) < 4.78 is 13.4. The Hall–Kier alpha value is -2.69. The van der Waals surface area contributed by atoms with E-state index in [2.05, 4.69) is 0 Å². The molecule has 124 valence electrons. The lowest BCUT2D eigenvalue weighted by Gasteiger charge is -2.39. The van der Waals surface area contributed by atoms with Crippen LogP contribution in [0.15, 0.2) is 48.5 Å². The number of anilines is 1. The molecule has 0 aromatic heterocycles. The maximum atomic E-state index is 13.4. The van der Waals surface area contributed by atoms with Crippen LogP contribution >= 0.6 is 0 Å². The number of rotatable bonds is 2. The van der Waals surface area contributed by atoms with E-state index in [1.54, 1.807) is 36.1 Å². The van der Waals surface area contributed by atoms with Gasteiger partial charge in [0.15, 0.2) is 0 Å². The second-order valence-electron chi connectivity index (χ2n) is 6.01. The Labute approximate surface area is 140 Å². The lowest BCUT2D eigenvalue weighted by atomic mass is 10.1. The van der Waals surface area contributed by atoms with Gasteiger partial charge in [-0.15, -0.1) is 0 Å². The third-order valence-corrected chi connectivity index (χ3v) is 4.33. The molecule has 1 aliphatic rings. The van der Waals surface area contributed by atoms with Crippen LogP contribution in [-0.4, -0.2) is 35.8 Å². The molecule has 1 fully saturated rings. The predicted molar refractivity (Wildman–Crippen MR) is 90.4 cm³/mol. The molecule has 1 atom stereocenters. The van der Waals surface area contributed by atoms with Gasteiger partial charge in [0, 0.05) is 24.3 Å². The van der Waals surface area contributed by atoms with Crippen molar-refractivity contribution < 1.29 is 14.0 Å². The van der Waals surface area contributed by atoms with Gasteiger partial charge in [-0.05, 0) is 44.2 Å². The minimum Gasteiger partial charge on any atom is -0.325 e. The number of aryl methyl sites for hydroxylation is 1. The average molecular weight is 326 g/mol. The average Bonchev–Trinajstić information content (AvgIpc) is 2.57. The molecule has 4 nitrogen and oxygen atoms in total. The monoisotopic (exact) mass is 326 g/mol. The fourth-order valence-electron chi connectivity index (χ4n) is 2.91. The molecular formula is C19H19FN2O2. The highest BCUT2D eigenvalue weighted by Crippen LogP contribution is 2.22. The van der Waals surface area contributed by atoms with Crippen LogP contribution in [0.2, 0.25) is 0 Å². The molecule has 5 heteroatoms. The highest BCUT2D eigenvalue weighted by Gasteiger charge is 2.35. The third-order valence-electron chi connectivity index (χ3n) is 4.33. The zero-order chi connectivity index (χ0) is 17.3. The first-order valence-corrected chi connectivity index (χ1v) is 7.92. The second-order valence-corrected chi connectivity index (χ2v) is 6.01. The number of carbonyl (C=O) groups excluding carboxylic acids is 2. The third kappa shape index (κ3) is 3.02. The molecule has 1 saturated heterocycles. The molecule has 24 heavy (non-hydrogen) atoms. The number of carbonyl (C=O) groups is 2. The van der Waals surface area contributed by atoms with E-state index < -0.39 is 6.04 Å². The van der Waals surface area contributed by atoms with Gasteiger partial charge >= 0.3 is 0 Å². The molecule has 3 rings (SSSR count). The Bertz CT molecular complexity index is 773. The van der Waals surface area contributed by atoms with Gasteiger partial charge in [0.1, 0.15) is 11.9 Å². The van der Waals surface area contributed by atoms with Crippen LogP contribution in [0.25, 0.3) is 0 Å². The van der Waals surface area contributed by atoms with E-state index in [0.717, 1.165) is 5.56 Å². The van der Waals surface area contributed by atoms with Gasteiger partial charge in [-0.3, -0.25) is 9.59 Å². The summed E-state index contributed by atoms with van der Waals surface area (Å²) >= 11 is 0. The van der Waals surface area contributed by atoms with E-state index in [1.807, 2.05) is 19.1 Å².